The standard InChI is InChI=1S/C16H25N3O/c1-14(2)16(20)17-8-9-18-10-12-19(13-11-18)15-6-4-3-5-7-15/h3-7,14H,8-13H2,1-2H3,(H,17,20). The van der Waals surface area contributed by atoms with Crippen LogP contribution in [0.4, 0.5) is 5.69 Å². The highest BCUT2D eigenvalue weighted by atomic mass is 16.1. The van der Waals surface area contributed by atoms with Gasteiger partial charge in [0.05, 0.1) is 0 Å². The average Bonchev–Trinajstić information content (AvgIpc) is 2.48. The molecule has 1 aromatic rings. The zero-order valence-electron chi connectivity index (χ0n) is 12.5. The van der Waals surface area contributed by atoms with Crippen LogP contribution in [-0.4, -0.2) is 50.1 Å². The minimum absolute atomic E-state index is 0.0740. The third-order valence-electron chi connectivity index (χ3n) is 3.75. The van der Waals surface area contributed by atoms with Gasteiger partial charge in [-0.1, -0.05) is 32.0 Å². The van der Waals surface area contributed by atoms with Crippen LogP contribution in [0.1, 0.15) is 13.8 Å². The van der Waals surface area contributed by atoms with E-state index in [1.807, 2.05) is 13.8 Å². The van der Waals surface area contributed by atoms with E-state index in [1.165, 1.54) is 5.69 Å². The second-order valence-corrected chi connectivity index (χ2v) is 5.61. The fourth-order valence-electron chi connectivity index (χ4n) is 2.41. The van der Waals surface area contributed by atoms with Crippen LogP contribution < -0.4 is 10.2 Å². The summed E-state index contributed by atoms with van der Waals surface area (Å²) in [5, 5.41) is 2.98. The molecule has 2 rings (SSSR count). The van der Waals surface area contributed by atoms with E-state index in [2.05, 4.69) is 45.4 Å². The molecule has 0 unspecified atom stereocenters. The van der Waals surface area contributed by atoms with Gasteiger partial charge in [-0.2, -0.15) is 0 Å². The lowest BCUT2D eigenvalue weighted by atomic mass is 10.2. The van der Waals surface area contributed by atoms with Gasteiger partial charge in [-0.3, -0.25) is 9.69 Å². The first kappa shape index (κ1) is 14.9. The first-order chi connectivity index (χ1) is 9.66. The number of anilines is 1. The Kier molecular flexibility index (Phi) is 5.41. The maximum absolute atomic E-state index is 11.5. The van der Waals surface area contributed by atoms with Crippen molar-refractivity contribution in [1.82, 2.24) is 10.2 Å². The number of amides is 1. The summed E-state index contributed by atoms with van der Waals surface area (Å²) in [6, 6.07) is 10.6. The van der Waals surface area contributed by atoms with Crippen molar-refractivity contribution in [3.63, 3.8) is 0 Å². The fourth-order valence-corrected chi connectivity index (χ4v) is 2.41. The number of piperazine rings is 1. The Morgan fingerprint density at radius 2 is 1.80 bits per heavy atom. The molecule has 1 saturated heterocycles. The zero-order chi connectivity index (χ0) is 14.4. The lowest BCUT2D eigenvalue weighted by Crippen LogP contribution is -2.48. The van der Waals surface area contributed by atoms with E-state index in [-0.39, 0.29) is 11.8 Å². The number of carbonyl (C=O) groups excluding carboxylic acids is 1. The number of carbonyl (C=O) groups is 1. The van der Waals surface area contributed by atoms with E-state index < -0.39 is 0 Å². The van der Waals surface area contributed by atoms with Crippen molar-refractivity contribution in [2.75, 3.05) is 44.2 Å². The molecular formula is C16H25N3O. The van der Waals surface area contributed by atoms with Crippen LogP contribution in [0.2, 0.25) is 0 Å². The molecular weight excluding hydrogens is 250 g/mol. The van der Waals surface area contributed by atoms with Gasteiger partial charge in [0.15, 0.2) is 0 Å². The lowest BCUT2D eigenvalue weighted by molar-refractivity contribution is -0.124. The fraction of sp³-hybridized carbons (Fsp3) is 0.562. The van der Waals surface area contributed by atoms with E-state index in [4.69, 9.17) is 0 Å². The van der Waals surface area contributed by atoms with E-state index >= 15 is 0 Å². The Balaban J connectivity index is 1.68. The first-order valence-electron chi connectivity index (χ1n) is 7.47. The summed E-state index contributed by atoms with van der Waals surface area (Å²) in [5.74, 6) is 0.220. The van der Waals surface area contributed by atoms with Crippen LogP contribution in [0.3, 0.4) is 0 Å². The molecule has 4 heteroatoms. The van der Waals surface area contributed by atoms with Gasteiger partial charge in [0.25, 0.3) is 0 Å². The number of para-hydroxylation sites is 1. The van der Waals surface area contributed by atoms with Gasteiger partial charge < -0.3 is 10.2 Å². The highest BCUT2D eigenvalue weighted by molar-refractivity contribution is 5.77. The molecule has 1 aliphatic rings. The predicted molar refractivity (Wildman–Crippen MR) is 82.9 cm³/mol. The van der Waals surface area contributed by atoms with Crippen molar-refractivity contribution in [2.24, 2.45) is 5.92 Å². The van der Waals surface area contributed by atoms with Crippen molar-refractivity contribution in [3.8, 4) is 0 Å². The molecule has 1 aliphatic heterocycles. The second-order valence-electron chi connectivity index (χ2n) is 5.61. The Morgan fingerprint density at radius 1 is 1.15 bits per heavy atom. The maximum Gasteiger partial charge on any atom is 0.222 e. The molecule has 0 saturated carbocycles. The van der Waals surface area contributed by atoms with Gasteiger partial charge in [-0.05, 0) is 12.1 Å². The van der Waals surface area contributed by atoms with Crippen LogP contribution >= 0.6 is 0 Å². The Morgan fingerprint density at radius 3 is 2.40 bits per heavy atom. The minimum atomic E-state index is 0.0740. The number of rotatable bonds is 5. The Hall–Kier alpha value is -1.55. The normalized spacial score (nSPS) is 16.4. The summed E-state index contributed by atoms with van der Waals surface area (Å²) in [6.07, 6.45) is 0. The summed E-state index contributed by atoms with van der Waals surface area (Å²) in [5.41, 5.74) is 1.31. The van der Waals surface area contributed by atoms with Gasteiger partial charge >= 0.3 is 0 Å². The third kappa shape index (κ3) is 4.23. The number of nitrogens with zero attached hydrogens (tertiary/aromatic N) is 2. The number of nitrogens with one attached hydrogen (secondary N) is 1. The highest BCUT2D eigenvalue weighted by Crippen LogP contribution is 2.15. The van der Waals surface area contributed by atoms with Gasteiger partial charge in [0.2, 0.25) is 5.91 Å². The number of benzene rings is 1. The largest absolute Gasteiger partial charge is 0.369 e. The number of hydrogen-bond donors (Lipinski definition) is 1. The van der Waals surface area contributed by atoms with Crippen molar-refractivity contribution in [3.05, 3.63) is 30.3 Å². The number of hydrogen-bond acceptors (Lipinski definition) is 3. The molecule has 1 fully saturated rings. The third-order valence-corrected chi connectivity index (χ3v) is 3.75. The molecule has 1 aromatic carbocycles. The van der Waals surface area contributed by atoms with Crippen molar-refractivity contribution in [1.29, 1.82) is 0 Å². The summed E-state index contributed by atoms with van der Waals surface area (Å²) < 4.78 is 0. The Bertz CT molecular complexity index is 411. The SMILES string of the molecule is CC(C)C(=O)NCCN1CCN(c2ccccc2)CC1. The summed E-state index contributed by atoms with van der Waals surface area (Å²) >= 11 is 0. The van der Waals surface area contributed by atoms with Crippen LogP contribution in [0.25, 0.3) is 0 Å². The smallest absolute Gasteiger partial charge is 0.222 e. The summed E-state index contributed by atoms with van der Waals surface area (Å²) in [6.45, 7) is 9.79. The second kappa shape index (κ2) is 7.29. The van der Waals surface area contributed by atoms with Gasteiger partial charge in [0.1, 0.15) is 0 Å². The van der Waals surface area contributed by atoms with Crippen LogP contribution in [0, 0.1) is 5.92 Å². The quantitative estimate of drug-likeness (QED) is 0.886. The van der Waals surface area contributed by atoms with E-state index in [0.29, 0.717) is 0 Å². The summed E-state index contributed by atoms with van der Waals surface area (Å²) in [4.78, 5) is 16.3. The predicted octanol–water partition coefficient (Wildman–Crippen LogP) is 1.58. The molecule has 0 spiro atoms. The van der Waals surface area contributed by atoms with Crippen molar-refractivity contribution >= 4 is 11.6 Å². The molecule has 0 aromatic heterocycles. The topological polar surface area (TPSA) is 35.6 Å². The van der Waals surface area contributed by atoms with E-state index in [9.17, 15) is 4.79 Å². The first-order valence-corrected chi connectivity index (χ1v) is 7.47. The lowest BCUT2D eigenvalue weighted by Gasteiger charge is -2.36. The van der Waals surface area contributed by atoms with Gasteiger partial charge in [0, 0.05) is 50.9 Å². The van der Waals surface area contributed by atoms with Crippen LogP contribution in [-0.2, 0) is 4.79 Å². The zero-order valence-corrected chi connectivity index (χ0v) is 12.5. The van der Waals surface area contributed by atoms with Gasteiger partial charge in [-0.25, -0.2) is 0 Å². The summed E-state index contributed by atoms with van der Waals surface area (Å²) in [7, 11) is 0. The monoisotopic (exact) mass is 275 g/mol. The van der Waals surface area contributed by atoms with Crippen molar-refractivity contribution in [2.45, 2.75) is 13.8 Å². The molecule has 1 N–H and O–H groups in total. The highest BCUT2D eigenvalue weighted by Gasteiger charge is 2.16. The Labute approximate surface area is 121 Å². The molecule has 1 amide bonds. The molecule has 110 valence electrons. The molecule has 0 aliphatic carbocycles. The molecule has 0 atom stereocenters. The van der Waals surface area contributed by atoms with Gasteiger partial charge in [-0.15, -0.1) is 0 Å². The maximum atomic E-state index is 11.5. The molecule has 4 nitrogen and oxygen atoms in total. The van der Waals surface area contributed by atoms with Crippen LogP contribution in [0.15, 0.2) is 30.3 Å². The van der Waals surface area contributed by atoms with Crippen LogP contribution in [0.5, 0.6) is 0 Å². The molecule has 0 bridgehead atoms. The molecule has 1 heterocycles. The average molecular weight is 275 g/mol. The van der Waals surface area contributed by atoms with E-state index in [1.54, 1.807) is 0 Å². The van der Waals surface area contributed by atoms with E-state index in [0.717, 1.165) is 39.3 Å². The molecule has 20 heavy (non-hydrogen) atoms. The molecule has 0 radical (unpaired) electrons. The van der Waals surface area contributed by atoms with Crippen molar-refractivity contribution < 1.29 is 4.79 Å². The minimum Gasteiger partial charge on any atom is -0.369 e.